The number of allylic oxidation sites excluding steroid dienone is 2. The van der Waals surface area contributed by atoms with Gasteiger partial charge in [-0.05, 0) is 40.5 Å². The third kappa shape index (κ3) is 3.54. The first-order chi connectivity index (χ1) is 16.4. The van der Waals surface area contributed by atoms with E-state index < -0.39 is 0 Å². The van der Waals surface area contributed by atoms with Crippen molar-refractivity contribution >= 4 is 22.2 Å². The molecule has 1 atom stereocenters. The van der Waals surface area contributed by atoms with E-state index >= 15 is 0 Å². The molecule has 0 spiro atoms. The molecule has 1 aromatic heterocycles. The summed E-state index contributed by atoms with van der Waals surface area (Å²) in [6.45, 7) is 0. The minimum absolute atomic E-state index is 0.0232. The molecule has 0 amide bonds. The van der Waals surface area contributed by atoms with Gasteiger partial charge in [0.25, 0.3) is 0 Å². The number of nitrogens with zero attached hydrogens (tertiary/aromatic N) is 3. The first-order valence-electron chi connectivity index (χ1n) is 11.2. The lowest BCUT2D eigenvalue weighted by Crippen LogP contribution is -2.38. The van der Waals surface area contributed by atoms with E-state index in [1.807, 2.05) is 11.0 Å². The fourth-order valence-electron chi connectivity index (χ4n) is 4.52. The molecule has 0 radical (unpaired) electrons. The summed E-state index contributed by atoms with van der Waals surface area (Å²) in [6, 6.07) is 40.2. The fraction of sp³-hybridized carbons (Fsp3) is 0.0333. The summed E-state index contributed by atoms with van der Waals surface area (Å²) in [7, 11) is 0. The number of fused-ring (bicyclic) bond motifs is 1. The zero-order valence-corrected chi connectivity index (χ0v) is 18.1. The molecule has 0 saturated carbocycles. The molecule has 6 rings (SSSR count). The van der Waals surface area contributed by atoms with Crippen molar-refractivity contribution in [2.24, 2.45) is 0 Å². The first-order valence-corrected chi connectivity index (χ1v) is 11.2. The summed E-state index contributed by atoms with van der Waals surface area (Å²) < 4.78 is 0. The number of benzene rings is 4. The average molecular weight is 426 g/mol. The minimum atomic E-state index is -0.0232. The molecule has 0 aliphatic carbocycles. The third-order valence-corrected chi connectivity index (χ3v) is 6.12. The zero-order chi connectivity index (χ0) is 22.0. The summed E-state index contributed by atoms with van der Waals surface area (Å²) in [5.41, 5.74) is 6.97. The Hall–Kier alpha value is -4.37. The number of hydrogen-bond acceptors (Lipinski definition) is 2. The van der Waals surface area contributed by atoms with Crippen LogP contribution in [0.5, 0.6) is 0 Å². The van der Waals surface area contributed by atoms with E-state index in [9.17, 15) is 0 Å². The molecule has 0 N–H and O–H groups in total. The normalized spacial score (nSPS) is 15.9. The lowest BCUT2D eigenvalue weighted by atomic mass is 9.93. The van der Waals surface area contributed by atoms with Gasteiger partial charge in [-0.15, -0.1) is 0 Å². The highest BCUT2D eigenvalue weighted by Gasteiger charge is 2.29. The Labute approximate surface area is 193 Å². The van der Waals surface area contributed by atoms with Gasteiger partial charge in [0, 0.05) is 5.39 Å². The van der Waals surface area contributed by atoms with Crippen molar-refractivity contribution in [3.63, 3.8) is 0 Å². The molecule has 158 valence electrons. The van der Waals surface area contributed by atoms with Gasteiger partial charge in [-0.1, -0.05) is 109 Å². The van der Waals surface area contributed by atoms with Gasteiger partial charge in [0.2, 0.25) is 0 Å². The Bertz CT molecular complexity index is 1450. The average Bonchev–Trinajstić information content (AvgIpc) is 3.33. The number of para-hydroxylation sites is 1. The van der Waals surface area contributed by atoms with Crippen LogP contribution in [0.1, 0.15) is 22.7 Å². The van der Waals surface area contributed by atoms with Crippen LogP contribution in [0.4, 0.5) is 0 Å². The molecule has 0 fully saturated rings. The smallest absolute Gasteiger partial charge is 0.0966 e. The molecule has 3 nitrogen and oxygen atoms in total. The van der Waals surface area contributed by atoms with Crippen molar-refractivity contribution in [2.45, 2.75) is 6.04 Å². The molecule has 1 aliphatic rings. The van der Waals surface area contributed by atoms with Crippen LogP contribution in [0.3, 0.4) is 0 Å². The van der Waals surface area contributed by atoms with Gasteiger partial charge in [-0.3, -0.25) is 5.01 Å². The lowest BCUT2D eigenvalue weighted by molar-refractivity contribution is 0.590. The number of hydrogen-bond donors (Lipinski definition) is 0. The van der Waals surface area contributed by atoms with E-state index in [0.29, 0.717) is 0 Å². The topological polar surface area (TPSA) is 21.1 Å². The molecule has 3 heteroatoms. The quantitative estimate of drug-likeness (QED) is 0.314. The monoisotopic (exact) mass is 425 g/mol. The Morgan fingerprint density at radius 1 is 0.606 bits per heavy atom. The minimum Gasteiger partial charge on any atom is -0.253 e. The molecule has 5 aromatic rings. The van der Waals surface area contributed by atoms with E-state index in [4.69, 9.17) is 5.10 Å². The highest BCUT2D eigenvalue weighted by Crippen LogP contribution is 2.38. The van der Waals surface area contributed by atoms with Crippen molar-refractivity contribution in [1.29, 1.82) is 0 Å². The Balaban J connectivity index is 1.62. The predicted molar refractivity (Wildman–Crippen MR) is 136 cm³/mol. The summed E-state index contributed by atoms with van der Waals surface area (Å²) >= 11 is 0. The van der Waals surface area contributed by atoms with Crippen LogP contribution in [0.25, 0.3) is 22.2 Å². The molecular weight excluding hydrogens is 402 g/mol. The predicted octanol–water partition coefficient (Wildman–Crippen LogP) is 6.85. The van der Waals surface area contributed by atoms with Crippen LogP contribution in [-0.4, -0.2) is 9.89 Å². The van der Waals surface area contributed by atoms with Gasteiger partial charge in [-0.2, -0.15) is 9.89 Å². The van der Waals surface area contributed by atoms with Crippen LogP contribution in [0, 0.1) is 0 Å². The standard InChI is InChI=1S/C30H23N3/c1-4-12-23(13-5-1)27-20-29(24-14-6-2-7-15-24)32(30(21-27)25-16-8-3-9-17-25)33-28-19-11-10-18-26(28)22-31-33/h1-22,29H. The second-order valence-corrected chi connectivity index (χ2v) is 8.18. The van der Waals surface area contributed by atoms with Gasteiger partial charge >= 0.3 is 0 Å². The number of rotatable bonds is 4. The Kier molecular flexibility index (Phi) is 4.85. The molecule has 1 unspecified atom stereocenters. The van der Waals surface area contributed by atoms with Crippen molar-refractivity contribution in [1.82, 2.24) is 9.89 Å². The molecule has 2 heterocycles. The summed E-state index contributed by atoms with van der Waals surface area (Å²) in [6.07, 6.45) is 6.56. The van der Waals surface area contributed by atoms with Gasteiger partial charge < -0.3 is 0 Å². The molecule has 4 aromatic carbocycles. The van der Waals surface area contributed by atoms with E-state index in [2.05, 4.69) is 132 Å². The molecular formula is C30H23N3. The van der Waals surface area contributed by atoms with Gasteiger partial charge in [0.05, 0.1) is 23.5 Å². The molecule has 33 heavy (non-hydrogen) atoms. The van der Waals surface area contributed by atoms with Crippen LogP contribution in [0.15, 0.2) is 134 Å². The summed E-state index contributed by atoms with van der Waals surface area (Å²) in [5.74, 6) is 0. The molecule has 0 saturated heterocycles. The first kappa shape index (κ1) is 19.3. The van der Waals surface area contributed by atoms with Gasteiger partial charge in [0.15, 0.2) is 0 Å². The van der Waals surface area contributed by atoms with Crippen LogP contribution >= 0.6 is 0 Å². The SMILES string of the molecule is C1=C(c2ccccc2)C=C(c2ccccc2)N(n2ncc3ccccc32)C1c1ccccc1. The highest BCUT2D eigenvalue weighted by molar-refractivity contribution is 5.91. The largest absolute Gasteiger partial charge is 0.253 e. The second-order valence-electron chi connectivity index (χ2n) is 8.18. The van der Waals surface area contributed by atoms with E-state index in [0.717, 1.165) is 22.2 Å². The maximum Gasteiger partial charge on any atom is 0.0966 e. The van der Waals surface area contributed by atoms with Crippen LogP contribution in [0.2, 0.25) is 0 Å². The Morgan fingerprint density at radius 3 is 1.94 bits per heavy atom. The van der Waals surface area contributed by atoms with Crippen molar-refractivity contribution in [3.05, 3.63) is 150 Å². The maximum absolute atomic E-state index is 4.84. The van der Waals surface area contributed by atoms with E-state index in [1.54, 1.807) is 0 Å². The van der Waals surface area contributed by atoms with E-state index in [-0.39, 0.29) is 6.04 Å². The highest BCUT2D eigenvalue weighted by atomic mass is 15.7. The van der Waals surface area contributed by atoms with Crippen molar-refractivity contribution in [3.8, 4) is 0 Å². The van der Waals surface area contributed by atoms with Crippen molar-refractivity contribution < 1.29 is 0 Å². The summed E-state index contributed by atoms with van der Waals surface area (Å²) in [5, 5.41) is 8.27. The number of aromatic nitrogens is 2. The van der Waals surface area contributed by atoms with Gasteiger partial charge in [0.1, 0.15) is 0 Å². The molecule has 0 bridgehead atoms. The van der Waals surface area contributed by atoms with Crippen molar-refractivity contribution in [2.75, 3.05) is 5.01 Å². The van der Waals surface area contributed by atoms with Gasteiger partial charge in [-0.25, -0.2) is 0 Å². The Morgan fingerprint density at radius 2 is 1.21 bits per heavy atom. The second kappa shape index (κ2) is 8.29. The van der Waals surface area contributed by atoms with E-state index in [1.165, 1.54) is 16.7 Å². The molecule has 1 aliphatic heterocycles. The fourth-order valence-corrected chi connectivity index (χ4v) is 4.52. The maximum atomic E-state index is 4.84. The van der Waals surface area contributed by atoms with Crippen LogP contribution < -0.4 is 5.01 Å². The summed E-state index contributed by atoms with van der Waals surface area (Å²) in [4.78, 5) is 2.05. The zero-order valence-electron chi connectivity index (χ0n) is 18.1. The third-order valence-electron chi connectivity index (χ3n) is 6.12. The lowest BCUT2D eigenvalue weighted by Gasteiger charge is -2.37. The van der Waals surface area contributed by atoms with Crippen LogP contribution in [-0.2, 0) is 0 Å².